The van der Waals surface area contributed by atoms with Crippen molar-refractivity contribution in [1.29, 1.82) is 0 Å². The van der Waals surface area contributed by atoms with E-state index >= 15 is 0 Å². The third-order valence-electron chi connectivity index (χ3n) is 3.58. The Bertz CT molecular complexity index is 367. The fourth-order valence-electron chi connectivity index (χ4n) is 2.49. The fourth-order valence-corrected chi connectivity index (χ4v) is 2.49. The van der Waals surface area contributed by atoms with E-state index in [0.717, 1.165) is 32.0 Å². The Morgan fingerprint density at radius 2 is 2.12 bits per heavy atom. The van der Waals surface area contributed by atoms with Crippen LogP contribution >= 0.6 is 0 Å². The van der Waals surface area contributed by atoms with Crippen molar-refractivity contribution in [2.45, 2.75) is 13.8 Å². The Balaban J connectivity index is 2.03. The molecule has 3 nitrogen and oxygen atoms in total. The number of nitrogens with two attached hydrogens (primary N) is 1. The standard InChI is InChI=1S/C14H22N2O/c1-3-17-10-12-9-16(8-11(12)2)14-7-5-4-6-13(14)15/h4-7,11-12H,3,8-10,15H2,1-2H3/t11-,12-/m0/s1. The third kappa shape index (κ3) is 2.72. The zero-order valence-corrected chi connectivity index (χ0v) is 10.7. The van der Waals surface area contributed by atoms with Crippen molar-refractivity contribution >= 4 is 11.4 Å². The monoisotopic (exact) mass is 234 g/mol. The van der Waals surface area contributed by atoms with Crippen LogP contribution in [-0.4, -0.2) is 26.3 Å². The third-order valence-corrected chi connectivity index (χ3v) is 3.58. The molecular formula is C14H22N2O. The first-order valence-electron chi connectivity index (χ1n) is 6.39. The maximum atomic E-state index is 6.02. The van der Waals surface area contributed by atoms with Crippen LogP contribution in [0.1, 0.15) is 13.8 Å². The smallest absolute Gasteiger partial charge is 0.0600 e. The van der Waals surface area contributed by atoms with E-state index in [-0.39, 0.29) is 0 Å². The number of para-hydroxylation sites is 2. The van der Waals surface area contributed by atoms with Gasteiger partial charge in [0.15, 0.2) is 0 Å². The second-order valence-corrected chi connectivity index (χ2v) is 4.86. The molecule has 0 aromatic heterocycles. The lowest BCUT2D eigenvalue weighted by molar-refractivity contribution is 0.104. The molecule has 3 heteroatoms. The van der Waals surface area contributed by atoms with Gasteiger partial charge in [-0.15, -0.1) is 0 Å². The van der Waals surface area contributed by atoms with Gasteiger partial charge in [-0.3, -0.25) is 0 Å². The molecule has 1 saturated heterocycles. The molecule has 0 unspecified atom stereocenters. The summed E-state index contributed by atoms with van der Waals surface area (Å²) in [5, 5.41) is 0. The average molecular weight is 234 g/mol. The number of nitrogens with zero attached hydrogens (tertiary/aromatic N) is 1. The first-order valence-corrected chi connectivity index (χ1v) is 6.39. The molecule has 2 N–H and O–H groups in total. The van der Waals surface area contributed by atoms with Gasteiger partial charge in [0.05, 0.1) is 18.0 Å². The molecule has 0 radical (unpaired) electrons. The lowest BCUT2D eigenvalue weighted by Crippen LogP contribution is -2.22. The van der Waals surface area contributed by atoms with Crippen LogP contribution in [0, 0.1) is 11.8 Å². The first-order chi connectivity index (χ1) is 8.22. The van der Waals surface area contributed by atoms with Gasteiger partial charge in [-0.05, 0) is 25.0 Å². The van der Waals surface area contributed by atoms with Crippen LogP contribution in [0.5, 0.6) is 0 Å². The fraction of sp³-hybridized carbons (Fsp3) is 0.571. The Morgan fingerprint density at radius 1 is 1.35 bits per heavy atom. The van der Waals surface area contributed by atoms with Crippen molar-refractivity contribution in [2.75, 3.05) is 36.9 Å². The highest BCUT2D eigenvalue weighted by Gasteiger charge is 2.30. The molecule has 0 amide bonds. The molecule has 0 saturated carbocycles. The van der Waals surface area contributed by atoms with Crippen molar-refractivity contribution in [1.82, 2.24) is 0 Å². The summed E-state index contributed by atoms with van der Waals surface area (Å²) in [6, 6.07) is 8.10. The lowest BCUT2D eigenvalue weighted by atomic mass is 9.99. The van der Waals surface area contributed by atoms with Gasteiger partial charge in [0.25, 0.3) is 0 Å². The van der Waals surface area contributed by atoms with Gasteiger partial charge in [0.2, 0.25) is 0 Å². The second-order valence-electron chi connectivity index (χ2n) is 4.86. The normalized spacial score (nSPS) is 24.2. The van der Waals surface area contributed by atoms with Gasteiger partial charge >= 0.3 is 0 Å². The van der Waals surface area contributed by atoms with E-state index in [1.54, 1.807) is 0 Å². The summed E-state index contributed by atoms with van der Waals surface area (Å²) in [7, 11) is 0. The zero-order valence-electron chi connectivity index (χ0n) is 10.7. The van der Waals surface area contributed by atoms with Gasteiger partial charge in [0.1, 0.15) is 0 Å². The molecule has 0 spiro atoms. The van der Waals surface area contributed by atoms with Crippen LogP contribution in [0.25, 0.3) is 0 Å². The first kappa shape index (κ1) is 12.2. The van der Waals surface area contributed by atoms with E-state index in [1.165, 1.54) is 5.69 Å². The highest BCUT2D eigenvalue weighted by atomic mass is 16.5. The highest BCUT2D eigenvalue weighted by Crippen LogP contribution is 2.31. The predicted molar refractivity (Wildman–Crippen MR) is 72.2 cm³/mol. The summed E-state index contributed by atoms with van der Waals surface area (Å²) in [6.45, 7) is 8.13. The number of hydrogen-bond acceptors (Lipinski definition) is 3. The Morgan fingerprint density at radius 3 is 2.82 bits per heavy atom. The maximum absolute atomic E-state index is 6.02. The van der Waals surface area contributed by atoms with E-state index in [4.69, 9.17) is 10.5 Å². The number of nitrogen functional groups attached to an aromatic ring is 1. The van der Waals surface area contributed by atoms with Gasteiger partial charge in [-0.25, -0.2) is 0 Å². The Hall–Kier alpha value is -1.22. The Kier molecular flexibility index (Phi) is 3.89. The SMILES string of the molecule is CCOC[C@@H]1CN(c2ccccc2N)C[C@@H]1C. The molecule has 17 heavy (non-hydrogen) atoms. The molecule has 0 aliphatic carbocycles. The largest absolute Gasteiger partial charge is 0.397 e. The molecule has 1 aliphatic rings. The molecule has 1 fully saturated rings. The summed E-state index contributed by atoms with van der Waals surface area (Å²) >= 11 is 0. The van der Waals surface area contributed by atoms with E-state index in [9.17, 15) is 0 Å². The van der Waals surface area contributed by atoms with Crippen molar-refractivity contribution in [2.24, 2.45) is 11.8 Å². The van der Waals surface area contributed by atoms with E-state index in [1.807, 2.05) is 25.1 Å². The lowest BCUT2D eigenvalue weighted by Gasteiger charge is -2.20. The highest BCUT2D eigenvalue weighted by molar-refractivity contribution is 5.67. The number of benzene rings is 1. The number of anilines is 2. The molecular weight excluding hydrogens is 212 g/mol. The number of ether oxygens (including phenoxy) is 1. The van der Waals surface area contributed by atoms with Crippen molar-refractivity contribution in [3.63, 3.8) is 0 Å². The second kappa shape index (κ2) is 5.41. The molecule has 1 heterocycles. The summed E-state index contributed by atoms with van der Waals surface area (Å²) in [4.78, 5) is 2.38. The maximum Gasteiger partial charge on any atom is 0.0600 e. The van der Waals surface area contributed by atoms with Crippen LogP contribution < -0.4 is 10.6 Å². The molecule has 2 atom stereocenters. The summed E-state index contributed by atoms with van der Waals surface area (Å²) in [6.07, 6.45) is 0. The Labute approximate surface area is 104 Å². The molecule has 1 aromatic rings. The van der Waals surface area contributed by atoms with Crippen LogP contribution in [-0.2, 0) is 4.74 Å². The molecule has 1 aliphatic heterocycles. The van der Waals surface area contributed by atoms with Gasteiger partial charge < -0.3 is 15.4 Å². The minimum atomic E-state index is 0.620. The van der Waals surface area contributed by atoms with Crippen LogP contribution in [0.15, 0.2) is 24.3 Å². The summed E-state index contributed by atoms with van der Waals surface area (Å²) in [5.41, 5.74) is 8.06. The van der Waals surface area contributed by atoms with Crippen molar-refractivity contribution in [3.05, 3.63) is 24.3 Å². The zero-order chi connectivity index (χ0) is 12.3. The molecule has 94 valence electrons. The van der Waals surface area contributed by atoms with Gasteiger partial charge in [0, 0.05) is 25.6 Å². The van der Waals surface area contributed by atoms with Gasteiger partial charge in [-0.2, -0.15) is 0 Å². The predicted octanol–water partition coefficient (Wildman–Crippen LogP) is 2.38. The molecule has 1 aromatic carbocycles. The topological polar surface area (TPSA) is 38.5 Å². The van der Waals surface area contributed by atoms with Crippen LogP contribution in [0.2, 0.25) is 0 Å². The van der Waals surface area contributed by atoms with Gasteiger partial charge in [-0.1, -0.05) is 19.1 Å². The van der Waals surface area contributed by atoms with E-state index in [0.29, 0.717) is 11.8 Å². The van der Waals surface area contributed by atoms with Crippen molar-refractivity contribution in [3.8, 4) is 0 Å². The minimum absolute atomic E-state index is 0.620. The summed E-state index contributed by atoms with van der Waals surface area (Å²) in [5.74, 6) is 1.29. The van der Waals surface area contributed by atoms with Crippen LogP contribution in [0.3, 0.4) is 0 Å². The number of hydrogen-bond donors (Lipinski definition) is 1. The van der Waals surface area contributed by atoms with E-state index in [2.05, 4.69) is 17.9 Å². The van der Waals surface area contributed by atoms with Crippen LogP contribution in [0.4, 0.5) is 11.4 Å². The average Bonchev–Trinajstić information content (AvgIpc) is 2.68. The molecule has 2 rings (SSSR count). The number of rotatable bonds is 4. The minimum Gasteiger partial charge on any atom is -0.397 e. The quantitative estimate of drug-likeness (QED) is 0.813. The molecule has 0 bridgehead atoms. The summed E-state index contributed by atoms with van der Waals surface area (Å²) < 4.78 is 5.54. The van der Waals surface area contributed by atoms with Crippen molar-refractivity contribution < 1.29 is 4.74 Å². The van der Waals surface area contributed by atoms with E-state index < -0.39 is 0 Å².